The van der Waals surface area contributed by atoms with E-state index in [2.05, 4.69) is 36.4 Å². The normalized spacial score (nSPS) is 11.1. The second-order valence-electron chi connectivity index (χ2n) is 7.69. The first kappa shape index (κ1) is 19.5. The lowest BCUT2D eigenvalue weighted by atomic mass is 9.87. The molecular weight excluding hydrogens is 353 g/mol. The molecule has 144 valence electrons. The molecule has 1 aromatic heterocycles. The lowest BCUT2D eigenvalue weighted by molar-refractivity contribution is 0.102. The number of hydrogen-bond acceptors (Lipinski definition) is 3. The number of anilines is 2. The molecule has 0 fully saturated rings. The van der Waals surface area contributed by atoms with Crippen LogP contribution in [0, 0.1) is 5.82 Å². The van der Waals surface area contributed by atoms with Crippen molar-refractivity contribution < 1.29 is 9.18 Å². The third kappa shape index (κ3) is 4.94. The fourth-order valence-corrected chi connectivity index (χ4v) is 2.76. The largest absolute Gasteiger partial charge is 0.380 e. The summed E-state index contributed by atoms with van der Waals surface area (Å²) in [6, 6.07) is 16.1. The predicted octanol–water partition coefficient (Wildman–Crippen LogP) is 5.38. The van der Waals surface area contributed by atoms with Gasteiger partial charge < -0.3 is 10.6 Å². The Hall–Kier alpha value is -3.21. The van der Waals surface area contributed by atoms with Crippen LogP contribution in [0.5, 0.6) is 0 Å². The van der Waals surface area contributed by atoms with Crippen molar-refractivity contribution in [2.45, 2.75) is 32.7 Å². The Labute approximate surface area is 164 Å². The quantitative estimate of drug-likeness (QED) is 0.627. The Morgan fingerprint density at radius 3 is 2.39 bits per heavy atom. The fraction of sp³-hybridized carbons (Fsp3) is 0.217. The van der Waals surface area contributed by atoms with Crippen LogP contribution in [0.1, 0.15) is 42.3 Å². The second kappa shape index (κ2) is 8.21. The first-order chi connectivity index (χ1) is 13.3. The van der Waals surface area contributed by atoms with Crippen molar-refractivity contribution in [1.29, 1.82) is 0 Å². The van der Waals surface area contributed by atoms with Crippen LogP contribution in [-0.2, 0) is 12.0 Å². The minimum absolute atomic E-state index is 0.0602. The molecule has 0 saturated heterocycles. The molecule has 0 spiro atoms. The molecule has 4 nitrogen and oxygen atoms in total. The molecule has 0 aliphatic carbocycles. The van der Waals surface area contributed by atoms with Gasteiger partial charge in [0, 0.05) is 30.2 Å². The van der Waals surface area contributed by atoms with Crippen LogP contribution in [0.15, 0.2) is 67.0 Å². The SMILES string of the molecule is CC(C)(C)c1ccc(NC(=O)c2cncc(NCc3ccccc3F)c2)cc1. The van der Waals surface area contributed by atoms with Crippen LogP contribution in [0.25, 0.3) is 0 Å². The van der Waals surface area contributed by atoms with Crippen molar-refractivity contribution >= 4 is 17.3 Å². The van der Waals surface area contributed by atoms with E-state index in [0.717, 1.165) is 5.69 Å². The number of nitrogens with zero attached hydrogens (tertiary/aromatic N) is 1. The molecule has 2 aromatic carbocycles. The number of pyridine rings is 1. The third-order valence-corrected chi connectivity index (χ3v) is 4.45. The third-order valence-electron chi connectivity index (χ3n) is 4.45. The van der Waals surface area contributed by atoms with Gasteiger partial charge in [-0.05, 0) is 35.2 Å². The molecule has 0 aliphatic rings. The van der Waals surface area contributed by atoms with E-state index in [0.29, 0.717) is 23.4 Å². The minimum Gasteiger partial charge on any atom is -0.380 e. The zero-order valence-corrected chi connectivity index (χ0v) is 16.3. The number of carbonyl (C=O) groups is 1. The summed E-state index contributed by atoms with van der Waals surface area (Å²) in [5.74, 6) is -0.513. The van der Waals surface area contributed by atoms with Gasteiger partial charge in [0.2, 0.25) is 0 Å². The molecule has 0 saturated carbocycles. The number of aromatic nitrogens is 1. The summed E-state index contributed by atoms with van der Waals surface area (Å²) in [7, 11) is 0. The van der Waals surface area contributed by atoms with Crippen LogP contribution < -0.4 is 10.6 Å². The van der Waals surface area contributed by atoms with E-state index in [4.69, 9.17) is 0 Å². The van der Waals surface area contributed by atoms with Crippen molar-refractivity contribution in [3.05, 3.63) is 89.5 Å². The molecule has 0 aliphatic heterocycles. The van der Waals surface area contributed by atoms with E-state index in [1.807, 2.05) is 24.3 Å². The molecule has 28 heavy (non-hydrogen) atoms. The molecule has 0 unspecified atom stereocenters. The van der Waals surface area contributed by atoms with Crippen LogP contribution in [0.2, 0.25) is 0 Å². The molecule has 0 radical (unpaired) electrons. The maximum atomic E-state index is 13.7. The lowest BCUT2D eigenvalue weighted by Gasteiger charge is -2.19. The van der Waals surface area contributed by atoms with Crippen LogP contribution in [-0.4, -0.2) is 10.9 Å². The Kier molecular flexibility index (Phi) is 5.73. The van der Waals surface area contributed by atoms with Crippen LogP contribution >= 0.6 is 0 Å². The van der Waals surface area contributed by atoms with Gasteiger partial charge in [-0.15, -0.1) is 0 Å². The minimum atomic E-state index is -0.268. The number of nitrogens with one attached hydrogen (secondary N) is 2. The molecular formula is C23H24FN3O. The van der Waals surface area contributed by atoms with Gasteiger partial charge in [0.05, 0.1) is 11.3 Å². The summed E-state index contributed by atoms with van der Waals surface area (Å²) in [5, 5.41) is 5.98. The van der Waals surface area contributed by atoms with Gasteiger partial charge >= 0.3 is 0 Å². The van der Waals surface area contributed by atoms with Crippen molar-refractivity contribution in [3.8, 4) is 0 Å². The highest BCUT2D eigenvalue weighted by atomic mass is 19.1. The van der Waals surface area contributed by atoms with E-state index in [1.54, 1.807) is 30.5 Å². The lowest BCUT2D eigenvalue weighted by Crippen LogP contribution is -2.14. The average molecular weight is 377 g/mol. The van der Waals surface area contributed by atoms with Crippen molar-refractivity contribution in [2.75, 3.05) is 10.6 Å². The zero-order valence-electron chi connectivity index (χ0n) is 16.3. The highest BCUT2D eigenvalue weighted by Gasteiger charge is 2.14. The molecule has 1 heterocycles. The van der Waals surface area contributed by atoms with E-state index >= 15 is 0 Å². The number of benzene rings is 2. The standard InChI is InChI=1S/C23H24FN3O/c1-23(2,3)18-8-10-19(11-9-18)27-22(28)17-12-20(15-25-13-17)26-14-16-6-4-5-7-21(16)24/h4-13,15,26H,14H2,1-3H3,(H,27,28). The van der Waals surface area contributed by atoms with E-state index in [-0.39, 0.29) is 17.1 Å². The molecule has 0 atom stereocenters. The van der Waals surface area contributed by atoms with Gasteiger partial charge in [-0.25, -0.2) is 4.39 Å². The number of halogens is 1. The Morgan fingerprint density at radius 2 is 1.71 bits per heavy atom. The van der Waals surface area contributed by atoms with Crippen LogP contribution in [0.3, 0.4) is 0 Å². The summed E-state index contributed by atoms with van der Waals surface area (Å²) in [6.07, 6.45) is 3.11. The molecule has 2 N–H and O–H groups in total. The molecule has 1 amide bonds. The topological polar surface area (TPSA) is 54.0 Å². The summed E-state index contributed by atoms with van der Waals surface area (Å²) in [5.41, 5.74) is 3.62. The highest BCUT2D eigenvalue weighted by Crippen LogP contribution is 2.23. The molecule has 3 aromatic rings. The van der Waals surface area contributed by atoms with Crippen molar-refractivity contribution in [1.82, 2.24) is 4.98 Å². The van der Waals surface area contributed by atoms with Crippen molar-refractivity contribution in [2.24, 2.45) is 0 Å². The van der Waals surface area contributed by atoms with Crippen LogP contribution in [0.4, 0.5) is 15.8 Å². The maximum absolute atomic E-state index is 13.7. The first-order valence-electron chi connectivity index (χ1n) is 9.17. The van der Waals surface area contributed by atoms with Gasteiger partial charge in [0.25, 0.3) is 5.91 Å². The van der Waals surface area contributed by atoms with Gasteiger partial charge in [0.1, 0.15) is 5.82 Å². The average Bonchev–Trinajstić information content (AvgIpc) is 2.67. The summed E-state index contributed by atoms with van der Waals surface area (Å²) < 4.78 is 13.7. The fourth-order valence-electron chi connectivity index (χ4n) is 2.76. The number of hydrogen-bond donors (Lipinski definition) is 2. The predicted molar refractivity (Wildman–Crippen MR) is 111 cm³/mol. The Bertz CT molecular complexity index is 962. The zero-order chi connectivity index (χ0) is 20.1. The first-order valence-corrected chi connectivity index (χ1v) is 9.17. The summed E-state index contributed by atoms with van der Waals surface area (Å²) in [6.45, 7) is 6.75. The van der Waals surface area contributed by atoms with Gasteiger partial charge in [-0.3, -0.25) is 9.78 Å². The second-order valence-corrected chi connectivity index (χ2v) is 7.69. The van der Waals surface area contributed by atoms with Gasteiger partial charge in [-0.1, -0.05) is 51.1 Å². The Balaban J connectivity index is 1.66. The molecule has 5 heteroatoms. The Morgan fingerprint density at radius 1 is 1.00 bits per heavy atom. The number of carbonyl (C=O) groups excluding carboxylic acids is 1. The summed E-state index contributed by atoms with van der Waals surface area (Å²) in [4.78, 5) is 16.6. The van der Waals surface area contributed by atoms with E-state index in [1.165, 1.54) is 17.8 Å². The van der Waals surface area contributed by atoms with Crippen molar-refractivity contribution in [3.63, 3.8) is 0 Å². The smallest absolute Gasteiger partial charge is 0.257 e. The highest BCUT2D eigenvalue weighted by molar-refractivity contribution is 6.04. The summed E-state index contributed by atoms with van der Waals surface area (Å²) >= 11 is 0. The van der Waals surface area contributed by atoms with E-state index < -0.39 is 0 Å². The number of amides is 1. The maximum Gasteiger partial charge on any atom is 0.257 e. The number of rotatable bonds is 5. The molecule has 0 bridgehead atoms. The molecule has 3 rings (SSSR count). The van der Waals surface area contributed by atoms with Gasteiger partial charge in [0.15, 0.2) is 0 Å². The van der Waals surface area contributed by atoms with Gasteiger partial charge in [-0.2, -0.15) is 0 Å². The monoisotopic (exact) mass is 377 g/mol. The van der Waals surface area contributed by atoms with E-state index in [9.17, 15) is 9.18 Å².